The first-order chi connectivity index (χ1) is 11.8. The van der Waals surface area contributed by atoms with Crippen molar-refractivity contribution < 1.29 is 0 Å². The molecule has 3 heterocycles. The van der Waals surface area contributed by atoms with Crippen LogP contribution in [0.1, 0.15) is 29.7 Å². The molecular weight excluding hydrogens is 296 g/mol. The summed E-state index contributed by atoms with van der Waals surface area (Å²) in [6.07, 6.45) is 6.45. The van der Waals surface area contributed by atoms with Gasteiger partial charge in [-0.1, -0.05) is 18.2 Å². The standard InChI is InChI=1S/C20H24N4/c1-16-7-8-17(14-23-9-2-3-10-23)11-20(16)22-13-19-6-4-5-18-12-21-15-24(18)19/h4-8,11-12,15,22H,2-3,9-10,13-14H2,1H3. The molecule has 4 rings (SSSR count). The molecule has 4 heteroatoms. The summed E-state index contributed by atoms with van der Waals surface area (Å²) in [5.74, 6) is 0. The second kappa shape index (κ2) is 6.65. The number of anilines is 1. The number of imidazole rings is 1. The second-order valence-corrected chi connectivity index (χ2v) is 6.69. The lowest BCUT2D eigenvalue weighted by Crippen LogP contribution is -2.18. The fourth-order valence-electron chi connectivity index (χ4n) is 3.49. The fraction of sp³-hybridized carbons (Fsp3) is 0.350. The first kappa shape index (κ1) is 15.2. The van der Waals surface area contributed by atoms with Crippen molar-refractivity contribution in [1.82, 2.24) is 14.3 Å². The normalized spacial score (nSPS) is 15.2. The lowest BCUT2D eigenvalue weighted by molar-refractivity contribution is 0.331. The fourth-order valence-corrected chi connectivity index (χ4v) is 3.49. The van der Waals surface area contributed by atoms with Gasteiger partial charge in [-0.3, -0.25) is 4.90 Å². The molecule has 0 aliphatic carbocycles. The average Bonchev–Trinajstić information content (AvgIpc) is 3.26. The van der Waals surface area contributed by atoms with Gasteiger partial charge in [0.15, 0.2) is 0 Å². The number of likely N-dealkylation sites (tertiary alicyclic amines) is 1. The van der Waals surface area contributed by atoms with Crippen LogP contribution in [0, 0.1) is 6.92 Å². The summed E-state index contributed by atoms with van der Waals surface area (Å²) in [6.45, 7) is 6.49. The van der Waals surface area contributed by atoms with Gasteiger partial charge in [-0.05, 0) is 62.2 Å². The van der Waals surface area contributed by atoms with E-state index in [1.807, 2.05) is 12.5 Å². The van der Waals surface area contributed by atoms with Gasteiger partial charge in [0.2, 0.25) is 0 Å². The number of hydrogen-bond donors (Lipinski definition) is 1. The summed E-state index contributed by atoms with van der Waals surface area (Å²) < 4.78 is 2.14. The van der Waals surface area contributed by atoms with Crippen molar-refractivity contribution in [3.8, 4) is 0 Å². The molecule has 0 radical (unpaired) electrons. The zero-order valence-electron chi connectivity index (χ0n) is 14.2. The maximum absolute atomic E-state index is 4.24. The summed E-state index contributed by atoms with van der Waals surface area (Å²) in [7, 11) is 0. The molecule has 124 valence electrons. The van der Waals surface area contributed by atoms with Gasteiger partial charge in [0.25, 0.3) is 0 Å². The summed E-state index contributed by atoms with van der Waals surface area (Å²) in [4.78, 5) is 6.78. The van der Waals surface area contributed by atoms with Gasteiger partial charge < -0.3 is 9.72 Å². The zero-order valence-corrected chi connectivity index (χ0v) is 14.2. The van der Waals surface area contributed by atoms with Crippen molar-refractivity contribution in [2.75, 3.05) is 18.4 Å². The number of nitrogens with one attached hydrogen (secondary N) is 1. The third-order valence-electron chi connectivity index (χ3n) is 4.90. The van der Waals surface area contributed by atoms with Crippen molar-refractivity contribution in [3.05, 3.63) is 65.7 Å². The van der Waals surface area contributed by atoms with E-state index in [2.05, 4.69) is 62.9 Å². The molecular formula is C20H24N4. The predicted octanol–water partition coefficient (Wildman–Crippen LogP) is 3.85. The third kappa shape index (κ3) is 3.15. The largest absolute Gasteiger partial charge is 0.379 e. The highest BCUT2D eigenvalue weighted by Crippen LogP contribution is 2.21. The maximum atomic E-state index is 4.24. The molecule has 0 atom stereocenters. The van der Waals surface area contributed by atoms with E-state index in [4.69, 9.17) is 0 Å². The van der Waals surface area contributed by atoms with E-state index in [9.17, 15) is 0 Å². The Kier molecular flexibility index (Phi) is 4.22. The Morgan fingerprint density at radius 1 is 1.12 bits per heavy atom. The molecule has 1 saturated heterocycles. The first-order valence-electron chi connectivity index (χ1n) is 8.75. The van der Waals surface area contributed by atoms with Crippen LogP contribution < -0.4 is 5.32 Å². The van der Waals surface area contributed by atoms with Crippen LogP contribution >= 0.6 is 0 Å². The van der Waals surface area contributed by atoms with E-state index in [1.54, 1.807) is 0 Å². The van der Waals surface area contributed by atoms with Crippen LogP contribution in [0.25, 0.3) is 5.52 Å². The summed E-state index contributed by atoms with van der Waals surface area (Å²) >= 11 is 0. The highest BCUT2D eigenvalue weighted by Gasteiger charge is 2.12. The van der Waals surface area contributed by atoms with Crippen LogP contribution in [0.2, 0.25) is 0 Å². The van der Waals surface area contributed by atoms with E-state index < -0.39 is 0 Å². The quantitative estimate of drug-likeness (QED) is 0.775. The first-order valence-corrected chi connectivity index (χ1v) is 8.75. The van der Waals surface area contributed by atoms with Gasteiger partial charge in [0.1, 0.15) is 0 Å². The van der Waals surface area contributed by atoms with Gasteiger partial charge in [0, 0.05) is 17.9 Å². The number of fused-ring (bicyclic) bond motifs is 1. The van der Waals surface area contributed by atoms with Gasteiger partial charge in [-0.15, -0.1) is 0 Å². The lowest BCUT2D eigenvalue weighted by atomic mass is 10.1. The number of pyridine rings is 1. The Morgan fingerprint density at radius 3 is 2.88 bits per heavy atom. The average molecular weight is 320 g/mol. The van der Waals surface area contributed by atoms with Crippen molar-refractivity contribution in [2.24, 2.45) is 0 Å². The summed E-state index contributed by atoms with van der Waals surface area (Å²) in [5.41, 5.74) is 6.26. The summed E-state index contributed by atoms with van der Waals surface area (Å²) in [6, 6.07) is 13.1. The molecule has 0 spiro atoms. The smallest absolute Gasteiger partial charge is 0.0994 e. The number of hydrogen-bond acceptors (Lipinski definition) is 3. The molecule has 1 aromatic carbocycles. The SMILES string of the molecule is Cc1ccc(CN2CCCC2)cc1NCc1cccc2cncn12. The highest BCUT2D eigenvalue weighted by atomic mass is 15.1. The third-order valence-corrected chi connectivity index (χ3v) is 4.90. The van der Waals surface area contributed by atoms with Gasteiger partial charge >= 0.3 is 0 Å². The van der Waals surface area contributed by atoms with E-state index >= 15 is 0 Å². The lowest BCUT2D eigenvalue weighted by Gasteiger charge is -2.17. The molecule has 24 heavy (non-hydrogen) atoms. The second-order valence-electron chi connectivity index (χ2n) is 6.69. The molecule has 2 aromatic heterocycles. The monoisotopic (exact) mass is 320 g/mol. The van der Waals surface area contributed by atoms with Crippen molar-refractivity contribution >= 4 is 11.2 Å². The number of rotatable bonds is 5. The van der Waals surface area contributed by atoms with Gasteiger partial charge in [-0.25, -0.2) is 4.98 Å². The Balaban J connectivity index is 1.50. The number of aryl methyl sites for hydroxylation is 1. The number of nitrogens with zero attached hydrogens (tertiary/aromatic N) is 3. The molecule has 1 aliphatic heterocycles. The van der Waals surface area contributed by atoms with E-state index in [0.29, 0.717) is 0 Å². The molecule has 1 aliphatic rings. The molecule has 0 bridgehead atoms. The van der Waals surface area contributed by atoms with Crippen molar-refractivity contribution in [3.63, 3.8) is 0 Å². The van der Waals surface area contributed by atoms with Gasteiger partial charge in [-0.2, -0.15) is 0 Å². The number of benzene rings is 1. The number of aromatic nitrogens is 2. The molecule has 1 fully saturated rings. The molecule has 4 nitrogen and oxygen atoms in total. The van der Waals surface area contributed by atoms with Crippen LogP contribution in [0.5, 0.6) is 0 Å². The maximum Gasteiger partial charge on any atom is 0.0994 e. The highest BCUT2D eigenvalue weighted by molar-refractivity contribution is 5.53. The minimum atomic E-state index is 0.793. The molecule has 0 unspecified atom stereocenters. The van der Waals surface area contributed by atoms with E-state index in [1.165, 1.54) is 48.4 Å². The zero-order chi connectivity index (χ0) is 16.4. The van der Waals surface area contributed by atoms with E-state index in [-0.39, 0.29) is 0 Å². The Bertz CT molecular complexity index is 831. The topological polar surface area (TPSA) is 32.6 Å². The molecule has 1 N–H and O–H groups in total. The van der Waals surface area contributed by atoms with Crippen LogP contribution in [-0.2, 0) is 13.1 Å². The molecule has 3 aromatic rings. The summed E-state index contributed by atoms with van der Waals surface area (Å²) in [5, 5.41) is 3.61. The molecule has 0 amide bonds. The predicted molar refractivity (Wildman–Crippen MR) is 98.2 cm³/mol. The Hall–Kier alpha value is -2.33. The van der Waals surface area contributed by atoms with Crippen LogP contribution in [-0.4, -0.2) is 27.4 Å². The van der Waals surface area contributed by atoms with Crippen LogP contribution in [0.4, 0.5) is 5.69 Å². The minimum absolute atomic E-state index is 0.793. The van der Waals surface area contributed by atoms with Crippen molar-refractivity contribution in [2.45, 2.75) is 32.9 Å². The van der Waals surface area contributed by atoms with Crippen LogP contribution in [0.15, 0.2) is 48.9 Å². The van der Waals surface area contributed by atoms with Crippen molar-refractivity contribution in [1.29, 1.82) is 0 Å². The Morgan fingerprint density at radius 2 is 2.00 bits per heavy atom. The van der Waals surface area contributed by atoms with E-state index in [0.717, 1.165) is 18.6 Å². The minimum Gasteiger partial charge on any atom is -0.379 e. The van der Waals surface area contributed by atoms with Crippen LogP contribution in [0.3, 0.4) is 0 Å². The Labute approximate surface area is 143 Å². The molecule has 0 saturated carbocycles. The van der Waals surface area contributed by atoms with Gasteiger partial charge in [0.05, 0.1) is 24.6 Å².